The number of phenolic OH excluding ortho intramolecular Hbond substituents is 2. The second-order valence-corrected chi connectivity index (χ2v) is 7.40. The Hall–Kier alpha value is -2.69. The molecule has 0 aliphatic heterocycles. The number of carbonyl (C=O) groups excluding carboxylic acids is 1. The third-order valence-electron chi connectivity index (χ3n) is 4.16. The molecule has 0 heterocycles. The maximum atomic E-state index is 12.2. The molecule has 0 fully saturated rings. The molecule has 2 aromatic carbocycles. The molecule has 1 atom stereocenters. The van der Waals surface area contributed by atoms with Gasteiger partial charge in [0, 0.05) is 6.54 Å². The van der Waals surface area contributed by atoms with Gasteiger partial charge < -0.3 is 20.3 Å². The molecule has 0 saturated heterocycles. The Kier molecular flexibility index (Phi) is 6.14. The minimum absolute atomic E-state index is 0.0736. The largest absolute Gasteiger partial charge is 0.504 e. The molecule has 0 aromatic heterocycles. The number of phenols is 2. The Labute approximate surface area is 154 Å². The van der Waals surface area contributed by atoms with Crippen LogP contribution >= 0.6 is 0 Å². The van der Waals surface area contributed by atoms with E-state index in [4.69, 9.17) is 4.74 Å². The number of aromatic hydroxyl groups is 2. The van der Waals surface area contributed by atoms with Crippen LogP contribution in [0.25, 0.3) is 0 Å². The molecule has 3 N–H and O–H groups in total. The van der Waals surface area contributed by atoms with Gasteiger partial charge in [0.15, 0.2) is 17.6 Å². The highest BCUT2D eigenvalue weighted by molar-refractivity contribution is 5.80. The Morgan fingerprint density at radius 3 is 2.31 bits per heavy atom. The van der Waals surface area contributed by atoms with Crippen molar-refractivity contribution < 1.29 is 19.7 Å². The number of benzene rings is 2. The fourth-order valence-corrected chi connectivity index (χ4v) is 2.49. The van der Waals surface area contributed by atoms with Gasteiger partial charge in [0.05, 0.1) is 0 Å². The molecule has 2 rings (SSSR count). The van der Waals surface area contributed by atoms with Gasteiger partial charge in [-0.05, 0) is 54.2 Å². The van der Waals surface area contributed by atoms with Gasteiger partial charge in [-0.3, -0.25) is 4.79 Å². The monoisotopic (exact) mass is 357 g/mol. The molecule has 1 amide bonds. The van der Waals surface area contributed by atoms with Crippen LogP contribution in [0.3, 0.4) is 0 Å². The molecule has 26 heavy (non-hydrogen) atoms. The van der Waals surface area contributed by atoms with E-state index in [-0.39, 0.29) is 22.8 Å². The highest BCUT2D eigenvalue weighted by Gasteiger charge is 2.16. The zero-order valence-electron chi connectivity index (χ0n) is 15.7. The zero-order valence-corrected chi connectivity index (χ0v) is 15.7. The number of amides is 1. The van der Waals surface area contributed by atoms with Crippen molar-refractivity contribution in [1.29, 1.82) is 0 Å². The summed E-state index contributed by atoms with van der Waals surface area (Å²) in [5, 5.41) is 21.6. The topological polar surface area (TPSA) is 78.8 Å². The van der Waals surface area contributed by atoms with E-state index in [1.54, 1.807) is 13.0 Å². The zero-order chi connectivity index (χ0) is 19.3. The molecule has 0 saturated carbocycles. The van der Waals surface area contributed by atoms with E-state index in [1.165, 1.54) is 17.7 Å². The van der Waals surface area contributed by atoms with Crippen LogP contribution in [0.4, 0.5) is 0 Å². The molecule has 1 unspecified atom stereocenters. The highest BCUT2D eigenvalue weighted by atomic mass is 16.5. The second kappa shape index (κ2) is 8.13. The van der Waals surface area contributed by atoms with E-state index >= 15 is 0 Å². The molecule has 0 aliphatic carbocycles. The van der Waals surface area contributed by atoms with Crippen molar-refractivity contribution in [1.82, 2.24) is 5.32 Å². The number of carbonyl (C=O) groups is 1. The van der Waals surface area contributed by atoms with Crippen LogP contribution in [0.2, 0.25) is 0 Å². The Balaban J connectivity index is 1.82. The van der Waals surface area contributed by atoms with E-state index in [0.29, 0.717) is 18.7 Å². The molecule has 0 radical (unpaired) electrons. The molecule has 140 valence electrons. The average Bonchev–Trinajstić information content (AvgIpc) is 2.57. The molecular formula is C21H27NO4. The molecule has 5 heteroatoms. The van der Waals surface area contributed by atoms with Crippen molar-refractivity contribution in [3.63, 3.8) is 0 Å². The predicted molar refractivity (Wildman–Crippen MR) is 102 cm³/mol. The van der Waals surface area contributed by atoms with Crippen molar-refractivity contribution in [3.05, 3.63) is 53.6 Å². The number of hydrogen-bond donors (Lipinski definition) is 3. The smallest absolute Gasteiger partial charge is 0.260 e. The number of ether oxygens (including phenoxy) is 1. The van der Waals surface area contributed by atoms with Gasteiger partial charge in [-0.15, -0.1) is 0 Å². The lowest BCUT2D eigenvalue weighted by atomic mass is 9.87. The van der Waals surface area contributed by atoms with E-state index in [2.05, 4.69) is 26.1 Å². The molecule has 2 aromatic rings. The van der Waals surface area contributed by atoms with Crippen molar-refractivity contribution in [2.24, 2.45) is 0 Å². The summed E-state index contributed by atoms with van der Waals surface area (Å²) in [5.41, 5.74) is 2.11. The summed E-state index contributed by atoms with van der Waals surface area (Å²) >= 11 is 0. The van der Waals surface area contributed by atoms with Crippen LogP contribution in [-0.4, -0.2) is 28.8 Å². The molecular weight excluding hydrogens is 330 g/mol. The SMILES string of the molecule is CC(Oc1ccc(C(C)(C)C)cc1)C(=O)NCCc1ccc(O)c(O)c1. The first kappa shape index (κ1) is 19.6. The second-order valence-electron chi connectivity index (χ2n) is 7.40. The molecule has 0 spiro atoms. The van der Waals surface area contributed by atoms with Gasteiger partial charge in [-0.25, -0.2) is 0 Å². The van der Waals surface area contributed by atoms with Crippen LogP contribution in [0, 0.1) is 0 Å². The van der Waals surface area contributed by atoms with Crippen molar-refractivity contribution in [2.45, 2.75) is 45.6 Å². The summed E-state index contributed by atoms with van der Waals surface area (Å²) in [4.78, 5) is 12.2. The number of nitrogens with one attached hydrogen (secondary N) is 1. The first-order valence-electron chi connectivity index (χ1n) is 8.72. The van der Waals surface area contributed by atoms with Crippen molar-refractivity contribution in [2.75, 3.05) is 6.54 Å². The van der Waals surface area contributed by atoms with Crippen LogP contribution in [0.1, 0.15) is 38.8 Å². The fourth-order valence-electron chi connectivity index (χ4n) is 2.49. The number of rotatable bonds is 6. The van der Waals surface area contributed by atoms with Crippen LogP contribution in [0.5, 0.6) is 17.2 Å². The van der Waals surface area contributed by atoms with Gasteiger partial charge >= 0.3 is 0 Å². The summed E-state index contributed by atoms with van der Waals surface area (Å²) in [6, 6.07) is 12.4. The minimum atomic E-state index is -0.608. The highest BCUT2D eigenvalue weighted by Crippen LogP contribution is 2.25. The van der Waals surface area contributed by atoms with Gasteiger partial charge in [0.2, 0.25) is 0 Å². The minimum Gasteiger partial charge on any atom is -0.504 e. The molecule has 5 nitrogen and oxygen atoms in total. The normalized spacial score (nSPS) is 12.5. The van der Waals surface area contributed by atoms with Gasteiger partial charge in [0.25, 0.3) is 5.91 Å². The third-order valence-corrected chi connectivity index (χ3v) is 4.16. The molecule has 0 bridgehead atoms. The Bertz CT molecular complexity index is 748. The van der Waals surface area contributed by atoms with Crippen LogP contribution < -0.4 is 10.1 Å². The lowest BCUT2D eigenvalue weighted by molar-refractivity contribution is -0.127. The average molecular weight is 357 g/mol. The van der Waals surface area contributed by atoms with E-state index in [1.807, 2.05) is 24.3 Å². The quantitative estimate of drug-likeness (QED) is 0.691. The van der Waals surface area contributed by atoms with Crippen LogP contribution in [0.15, 0.2) is 42.5 Å². The standard InChI is InChI=1S/C21H27NO4/c1-14(26-17-8-6-16(7-9-17)21(2,3)4)20(25)22-12-11-15-5-10-18(23)19(24)13-15/h5-10,13-14,23-24H,11-12H2,1-4H3,(H,22,25). The van der Waals surface area contributed by atoms with Gasteiger partial charge in [0.1, 0.15) is 5.75 Å². The van der Waals surface area contributed by atoms with Gasteiger partial charge in [-0.1, -0.05) is 39.0 Å². The van der Waals surface area contributed by atoms with E-state index < -0.39 is 6.10 Å². The summed E-state index contributed by atoms with van der Waals surface area (Å²) in [5.74, 6) is 0.138. The third kappa shape index (κ3) is 5.41. The summed E-state index contributed by atoms with van der Waals surface area (Å²) in [6.45, 7) is 8.56. The maximum Gasteiger partial charge on any atom is 0.260 e. The Morgan fingerprint density at radius 1 is 1.08 bits per heavy atom. The van der Waals surface area contributed by atoms with Crippen LogP contribution in [-0.2, 0) is 16.6 Å². The summed E-state index contributed by atoms with van der Waals surface area (Å²) < 4.78 is 5.70. The fraction of sp³-hybridized carbons (Fsp3) is 0.381. The molecule has 0 aliphatic rings. The lowest BCUT2D eigenvalue weighted by Gasteiger charge is -2.20. The van der Waals surface area contributed by atoms with Crippen molar-refractivity contribution in [3.8, 4) is 17.2 Å². The number of hydrogen-bond acceptors (Lipinski definition) is 4. The lowest BCUT2D eigenvalue weighted by Crippen LogP contribution is -2.37. The summed E-state index contributed by atoms with van der Waals surface area (Å²) in [6.07, 6.45) is -0.0595. The van der Waals surface area contributed by atoms with Crippen molar-refractivity contribution >= 4 is 5.91 Å². The maximum absolute atomic E-state index is 12.2. The Morgan fingerprint density at radius 2 is 1.73 bits per heavy atom. The van der Waals surface area contributed by atoms with Gasteiger partial charge in [-0.2, -0.15) is 0 Å². The first-order chi connectivity index (χ1) is 12.2. The van der Waals surface area contributed by atoms with E-state index in [9.17, 15) is 15.0 Å². The van der Waals surface area contributed by atoms with E-state index in [0.717, 1.165) is 5.56 Å². The predicted octanol–water partition coefficient (Wildman–Crippen LogP) is 3.52. The summed E-state index contributed by atoms with van der Waals surface area (Å²) in [7, 11) is 0. The first-order valence-corrected chi connectivity index (χ1v) is 8.72.